The van der Waals surface area contributed by atoms with Crippen molar-refractivity contribution in [3.63, 3.8) is 0 Å². The van der Waals surface area contributed by atoms with Crippen LogP contribution in [0.4, 0.5) is 0 Å². The summed E-state index contributed by atoms with van der Waals surface area (Å²) >= 11 is 5.40. The lowest BCUT2D eigenvalue weighted by Crippen LogP contribution is -2.30. The Labute approximate surface area is 191 Å². The Morgan fingerprint density at radius 2 is 2.00 bits per heavy atom. The van der Waals surface area contributed by atoms with E-state index in [2.05, 4.69) is 10.2 Å². The third-order valence-electron chi connectivity index (χ3n) is 5.56. The minimum absolute atomic E-state index is 0.00120. The SMILES string of the molecule is CCOc1ccc(-c2n[nH]c(=S)n2CCC(=O)N(C)C(C)c2cc3ccccc3o2)cc1. The lowest BCUT2D eigenvalue weighted by Gasteiger charge is -2.23. The van der Waals surface area contributed by atoms with Gasteiger partial charge in [-0.2, -0.15) is 5.10 Å². The molecule has 0 aliphatic heterocycles. The molecule has 2 aromatic carbocycles. The van der Waals surface area contributed by atoms with Gasteiger partial charge in [0.15, 0.2) is 10.6 Å². The normalized spacial score (nSPS) is 12.1. The van der Waals surface area contributed by atoms with Crippen molar-refractivity contribution in [1.29, 1.82) is 0 Å². The maximum atomic E-state index is 12.9. The highest BCUT2D eigenvalue weighted by molar-refractivity contribution is 7.71. The zero-order valence-corrected chi connectivity index (χ0v) is 19.2. The number of amides is 1. The predicted octanol–water partition coefficient (Wildman–Crippen LogP) is 5.36. The minimum Gasteiger partial charge on any atom is -0.494 e. The van der Waals surface area contributed by atoms with Gasteiger partial charge in [0.05, 0.1) is 12.6 Å². The third-order valence-corrected chi connectivity index (χ3v) is 5.87. The number of carbonyl (C=O) groups excluding carboxylic acids is 1. The van der Waals surface area contributed by atoms with Crippen LogP contribution in [-0.4, -0.2) is 39.2 Å². The first-order chi connectivity index (χ1) is 15.5. The molecule has 0 saturated carbocycles. The van der Waals surface area contributed by atoms with Gasteiger partial charge in [0.1, 0.15) is 17.1 Å². The third kappa shape index (κ3) is 4.45. The molecule has 1 N–H and O–H groups in total. The Hall–Kier alpha value is -3.39. The number of hydrogen-bond donors (Lipinski definition) is 1. The molecule has 4 aromatic rings. The number of para-hydroxylation sites is 1. The fraction of sp³-hybridized carbons (Fsp3) is 0.292. The lowest BCUT2D eigenvalue weighted by atomic mass is 10.2. The summed E-state index contributed by atoms with van der Waals surface area (Å²) in [5.41, 5.74) is 1.72. The van der Waals surface area contributed by atoms with Crippen molar-refractivity contribution in [2.75, 3.05) is 13.7 Å². The van der Waals surface area contributed by atoms with E-state index in [4.69, 9.17) is 21.4 Å². The Morgan fingerprint density at radius 1 is 1.25 bits per heavy atom. The molecule has 0 spiro atoms. The zero-order chi connectivity index (χ0) is 22.7. The van der Waals surface area contributed by atoms with Crippen molar-refractivity contribution in [3.8, 4) is 17.1 Å². The van der Waals surface area contributed by atoms with E-state index in [0.29, 0.717) is 30.2 Å². The number of nitrogens with zero attached hydrogens (tertiary/aromatic N) is 3. The molecule has 2 heterocycles. The standard InChI is InChI=1S/C24H26N4O3S/c1-4-30-19-11-9-17(10-12-19)23-25-26-24(32)28(23)14-13-22(29)27(3)16(2)21-15-18-7-5-6-8-20(18)31-21/h5-12,15-16H,4,13-14H2,1-3H3,(H,26,32). The van der Waals surface area contributed by atoms with Gasteiger partial charge in [0, 0.05) is 31.0 Å². The van der Waals surface area contributed by atoms with Crippen LogP contribution in [0, 0.1) is 4.77 Å². The van der Waals surface area contributed by atoms with Crippen LogP contribution in [0.1, 0.15) is 32.1 Å². The van der Waals surface area contributed by atoms with E-state index in [1.165, 1.54) is 0 Å². The number of carbonyl (C=O) groups is 1. The number of aromatic nitrogens is 3. The van der Waals surface area contributed by atoms with Gasteiger partial charge in [-0.15, -0.1) is 0 Å². The highest BCUT2D eigenvalue weighted by atomic mass is 32.1. The largest absolute Gasteiger partial charge is 0.494 e. The second-order valence-electron chi connectivity index (χ2n) is 7.58. The number of ether oxygens (including phenoxy) is 1. The van der Waals surface area contributed by atoms with Crippen LogP contribution in [0.15, 0.2) is 59.0 Å². The van der Waals surface area contributed by atoms with Crippen LogP contribution >= 0.6 is 12.2 Å². The quantitative estimate of drug-likeness (QED) is 0.366. The van der Waals surface area contributed by atoms with E-state index in [9.17, 15) is 4.79 Å². The first-order valence-electron chi connectivity index (χ1n) is 10.6. The summed E-state index contributed by atoms with van der Waals surface area (Å²) in [5, 5.41) is 8.22. The monoisotopic (exact) mass is 450 g/mol. The summed E-state index contributed by atoms with van der Waals surface area (Å²) in [5.74, 6) is 2.25. The Balaban J connectivity index is 1.45. The fourth-order valence-electron chi connectivity index (χ4n) is 3.61. The summed E-state index contributed by atoms with van der Waals surface area (Å²) < 4.78 is 13.8. The van der Waals surface area contributed by atoms with Crippen molar-refractivity contribution >= 4 is 29.1 Å². The number of H-pyrrole nitrogens is 1. The average Bonchev–Trinajstić information content (AvgIpc) is 3.40. The molecule has 1 unspecified atom stereocenters. The Kier molecular flexibility index (Phi) is 6.41. The molecule has 0 radical (unpaired) electrons. The van der Waals surface area contributed by atoms with Gasteiger partial charge < -0.3 is 14.1 Å². The molecule has 1 atom stereocenters. The van der Waals surface area contributed by atoms with Crippen LogP contribution in [0.5, 0.6) is 5.75 Å². The number of furan rings is 1. The maximum absolute atomic E-state index is 12.9. The molecular formula is C24H26N4O3S. The van der Waals surface area contributed by atoms with Crippen molar-refractivity contribution in [1.82, 2.24) is 19.7 Å². The summed E-state index contributed by atoms with van der Waals surface area (Å²) in [7, 11) is 1.79. The molecule has 1 amide bonds. The van der Waals surface area contributed by atoms with Crippen LogP contribution < -0.4 is 4.74 Å². The fourth-order valence-corrected chi connectivity index (χ4v) is 3.83. The summed E-state index contributed by atoms with van der Waals surface area (Å²) in [4.78, 5) is 14.6. The number of nitrogens with one attached hydrogen (secondary N) is 1. The van der Waals surface area contributed by atoms with Gasteiger partial charge in [0.25, 0.3) is 0 Å². The minimum atomic E-state index is -0.183. The molecule has 166 valence electrons. The highest BCUT2D eigenvalue weighted by Gasteiger charge is 2.21. The van der Waals surface area contributed by atoms with Crippen molar-refractivity contribution in [2.45, 2.75) is 32.9 Å². The van der Waals surface area contributed by atoms with Gasteiger partial charge in [-0.25, -0.2) is 0 Å². The molecule has 0 aliphatic rings. The van der Waals surface area contributed by atoms with E-state index in [1.54, 1.807) is 11.9 Å². The van der Waals surface area contributed by atoms with Gasteiger partial charge in [-0.05, 0) is 62.5 Å². The predicted molar refractivity (Wildman–Crippen MR) is 126 cm³/mol. The highest BCUT2D eigenvalue weighted by Crippen LogP contribution is 2.27. The molecular weight excluding hydrogens is 424 g/mol. The molecule has 8 heteroatoms. The zero-order valence-electron chi connectivity index (χ0n) is 18.4. The van der Waals surface area contributed by atoms with E-state index >= 15 is 0 Å². The molecule has 32 heavy (non-hydrogen) atoms. The van der Waals surface area contributed by atoms with E-state index in [1.807, 2.05) is 73.0 Å². The van der Waals surface area contributed by atoms with Gasteiger partial charge >= 0.3 is 0 Å². The first kappa shape index (κ1) is 21.8. The summed E-state index contributed by atoms with van der Waals surface area (Å²) in [6.07, 6.45) is 0.291. The first-order valence-corrected chi connectivity index (χ1v) is 11.0. The Morgan fingerprint density at radius 3 is 2.72 bits per heavy atom. The van der Waals surface area contributed by atoms with Crippen LogP contribution in [0.25, 0.3) is 22.4 Å². The summed E-state index contributed by atoms with van der Waals surface area (Å²) in [6, 6.07) is 17.3. The van der Waals surface area contributed by atoms with E-state index in [-0.39, 0.29) is 11.9 Å². The van der Waals surface area contributed by atoms with E-state index < -0.39 is 0 Å². The van der Waals surface area contributed by atoms with Crippen LogP contribution in [-0.2, 0) is 11.3 Å². The van der Waals surface area contributed by atoms with Gasteiger partial charge in [0.2, 0.25) is 5.91 Å². The van der Waals surface area contributed by atoms with Crippen molar-refractivity contribution in [2.24, 2.45) is 0 Å². The molecule has 0 fully saturated rings. The van der Waals surface area contributed by atoms with Crippen LogP contribution in [0.3, 0.4) is 0 Å². The molecule has 2 aromatic heterocycles. The molecule has 4 rings (SSSR count). The maximum Gasteiger partial charge on any atom is 0.224 e. The lowest BCUT2D eigenvalue weighted by molar-refractivity contribution is -0.132. The number of fused-ring (bicyclic) bond motifs is 1. The van der Waals surface area contributed by atoms with Gasteiger partial charge in [-0.1, -0.05) is 18.2 Å². The Bertz CT molecular complexity index is 1240. The van der Waals surface area contributed by atoms with E-state index in [0.717, 1.165) is 28.0 Å². The second-order valence-corrected chi connectivity index (χ2v) is 7.97. The smallest absolute Gasteiger partial charge is 0.224 e. The second kappa shape index (κ2) is 9.40. The summed E-state index contributed by atoms with van der Waals surface area (Å²) in [6.45, 7) is 4.95. The number of benzene rings is 2. The van der Waals surface area contributed by atoms with Gasteiger partial charge in [-0.3, -0.25) is 14.5 Å². The van der Waals surface area contributed by atoms with Crippen LogP contribution in [0.2, 0.25) is 0 Å². The number of hydrogen-bond acceptors (Lipinski definition) is 5. The number of rotatable bonds is 8. The molecule has 7 nitrogen and oxygen atoms in total. The topological polar surface area (TPSA) is 76.3 Å². The van der Waals surface area contributed by atoms with Crippen molar-refractivity contribution < 1.29 is 13.9 Å². The average molecular weight is 451 g/mol. The molecule has 0 bridgehead atoms. The number of aromatic amines is 1. The molecule has 0 saturated heterocycles. The molecule has 0 aliphatic carbocycles. The van der Waals surface area contributed by atoms with Crippen molar-refractivity contribution in [3.05, 3.63) is 65.1 Å².